The van der Waals surface area contributed by atoms with Gasteiger partial charge in [-0.25, -0.2) is 0 Å². The van der Waals surface area contributed by atoms with Crippen molar-refractivity contribution in [3.63, 3.8) is 0 Å². The first-order chi connectivity index (χ1) is 14.1. The van der Waals surface area contributed by atoms with Crippen molar-refractivity contribution >= 4 is 33.4 Å². The van der Waals surface area contributed by atoms with E-state index in [9.17, 15) is 9.59 Å². The molecule has 0 atom stereocenters. The molecule has 1 amide bonds. The number of carboxylic acid groups (broad SMARTS) is 1. The minimum atomic E-state index is -0.829. The highest BCUT2D eigenvalue weighted by molar-refractivity contribution is 6.18. The third-order valence-electron chi connectivity index (χ3n) is 5.00. The first-order valence-corrected chi connectivity index (χ1v) is 9.41. The van der Waals surface area contributed by atoms with Crippen molar-refractivity contribution in [3.8, 4) is 17.2 Å². The van der Waals surface area contributed by atoms with Gasteiger partial charge >= 0.3 is 5.97 Å². The molecule has 0 unspecified atom stereocenters. The van der Waals surface area contributed by atoms with Gasteiger partial charge in [0.2, 0.25) is 6.79 Å². The Kier molecular flexibility index (Phi) is 5.12. The van der Waals surface area contributed by atoms with E-state index in [0.717, 1.165) is 21.5 Å². The number of amides is 1. The van der Waals surface area contributed by atoms with E-state index >= 15 is 0 Å². The summed E-state index contributed by atoms with van der Waals surface area (Å²) in [6.07, 6.45) is 1.23. The second kappa shape index (κ2) is 7.87. The van der Waals surface area contributed by atoms with Gasteiger partial charge < -0.3 is 24.6 Å². The largest absolute Gasteiger partial charge is 0.497 e. The van der Waals surface area contributed by atoms with Crippen molar-refractivity contribution in [2.45, 2.75) is 19.3 Å². The first-order valence-electron chi connectivity index (χ1n) is 9.41. The number of hydrogen-bond donors (Lipinski definition) is 2. The molecule has 29 heavy (non-hydrogen) atoms. The number of aliphatic carboxylic acids is 1. The van der Waals surface area contributed by atoms with Crippen LogP contribution >= 0.6 is 0 Å². The Morgan fingerprint density at radius 3 is 2.59 bits per heavy atom. The lowest BCUT2D eigenvalue weighted by Gasteiger charge is -2.13. The molecule has 150 valence electrons. The summed E-state index contributed by atoms with van der Waals surface area (Å²) in [5.41, 5.74) is 0.548. The Bertz CT molecular complexity index is 1110. The summed E-state index contributed by atoms with van der Waals surface area (Å²) >= 11 is 0. The molecule has 0 bridgehead atoms. The van der Waals surface area contributed by atoms with Gasteiger partial charge in [0.05, 0.1) is 7.11 Å². The molecule has 0 radical (unpaired) electrons. The lowest BCUT2D eigenvalue weighted by atomic mass is 9.96. The van der Waals surface area contributed by atoms with Crippen molar-refractivity contribution in [1.82, 2.24) is 5.32 Å². The van der Waals surface area contributed by atoms with Crippen LogP contribution in [0.25, 0.3) is 21.5 Å². The van der Waals surface area contributed by atoms with Crippen molar-refractivity contribution in [1.29, 1.82) is 0 Å². The topological polar surface area (TPSA) is 94.1 Å². The van der Waals surface area contributed by atoms with E-state index in [0.29, 0.717) is 42.2 Å². The van der Waals surface area contributed by atoms with Crippen LogP contribution in [0, 0.1) is 0 Å². The first kappa shape index (κ1) is 18.9. The van der Waals surface area contributed by atoms with Crippen LogP contribution in [0.1, 0.15) is 29.6 Å². The van der Waals surface area contributed by atoms with E-state index < -0.39 is 5.97 Å². The maximum absolute atomic E-state index is 12.9. The van der Waals surface area contributed by atoms with Crippen LogP contribution < -0.4 is 19.5 Å². The monoisotopic (exact) mass is 395 g/mol. The molecule has 0 aliphatic carbocycles. The minimum absolute atomic E-state index is 0.0990. The highest BCUT2D eigenvalue weighted by Gasteiger charge is 2.19. The lowest BCUT2D eigenvalue weighted by molar-refractivity contribution is -0.137. The normalized spacial score (nSPS) is 12.3. The number of unbranched alkanes of at least 4 members (excludes halogenated alkanes) is 1. The van der Waals surface area contributed by atoms with Gasteiger partial charge in [0.25, 0.3) is 5.91 Å². The van der Waals surface area contributed by atoms with Crippen LogP contribution in [0.4, 0.5) is 0 Å². The smallest absolute Gasteiger partial charge is 0.303 e. The van der Waals surface area contributed by atoms with Gasteiger partial charge in [-0.2, -0.15) is 0 Å². The summed E-state index contributed by atoms with van der Waals surface area (Å²) in [5.74, 6) is 0.999. The molecule has 0 fully saturated rings. The van der Waals surface area contributed by atoms with Crippen LogP contribution in [0.15, 0.2) is 36.4 Å². The number of fused-ring (bicyclic) bond motifs is 4. The molecular formula is C22H21NO6. The molecule has 0 aromatic heterocycles. The lowest BCUT2D eigenvalue weighted by Crippen LogP contribution is -2.24. The van der Waals surface area contributed by atoms with Crippen molar-refractivity contribution in [2.75, 3.05) is 20.4 Å². The van der Waals surface area contributed by atoms with Crippen LogP contribution in [0.3, 0.4) is 0 Å². The predicted molar refractivity (Wildman–Crippen MR) is 108 cm³/mol. The van der Waals surface area contributed by atoms with E-state index in [4.69, 9.17) is 19.3 Å². The van der Waals surface area contributed by atoms with Crippen molar-refractivity contribution < 1.29 is 28.9 Å². The van der Waals surface area contributed by atoms with Gasteiger partial charge in [0, 0.05) is 18.5 Å². The number of hydrogen-bond acceptors (Lipinski definition) is 5. The Labute approximate surface area is 167 Å². The summed E-state index contributed by atoms with van der Waals surface area (Å²) in [5, 5.41) is 15.1. The number of ether oxygens (including phenoxy) is 3. The Hall–Kier alpha value is -3.48. The molecule has 0 spiro atoms. The zero-order valence-electron chi connectivity index (χ0n) is 16.0. The third kappa shape index (κ3) is 3.76. The number of rotatable bonds is 7. The number of benzene rings is 3. The summed E-state index contributed by atoms with van der Waals surface area (Å²) in [4.78, 5) is 23.5. The average molecular weight is 395 g/mol. The second-order valence-electron chi connectivity index (χ2n) is 6.87. The number of carbonyl (C=O) groups is 2. The molecule has 1 heterocycles. The average Bonchev–Trinajstić information content (AvgIpc) is 3.18. The van der Waals surface area contributed by atoms with Crippen molar-refractivity contribution in [3.05, 3.63) is 42.0 Å². The molecular weight excluding hydrogens is 374 g/mol. The zero-order chi connectivity index (χ0) is 20.4. The van der Waals surface area contributed by atoms with Gasteiger partial charge in [-0.1, -0.05) is 0 Å². The number of carbonyl (C=O) groups excluding carboxylic acids is 1. The molecule has 3 aromatic rings. The van der Waals surface area contributed by atoms with Gasteiger partial charge in [0.1, 0.15) is 5.75 Å². The van der Waals surface area contributed by atoms with E-state index in [1.165, 1.54) is 0 Å². The summed E-state index contributed by atoms with van der Waals surface area (Å²) in [7, 11) is 1.60. The molecule has 2 N–H and O–H groups in total. The minimum Gasteiger partial charge on any atom is -0.497 e. The van der Waals surface area contributed by atoms with Gasteiger partial charge in [-0.05, 0) is 70.8 Å². The summed E-state index contributed by atoms with van der Waals surface area (Å²) in [6, 6.07) is 11.2. The standard InChI is InChI=1S/C22H21NO6/c1-27-14-5-6-15-17(10-14)16-11-20-19(28-12-29-20)9-13(16)8-18(15)22(26)23-7-3-2-4-21(24)25/h5-6,8-11H,2-4,7,12H2,1H3,(H,23,26)(H,24,25). The highest BCUT2D eigenvalue weighted by Crippen LogP contribution is 2.40. The molecule has 1 aliphatic rings. The number of nitrogens with one attached hydrogen (secondary N) is 1. The fraction of sp³-hybridized carbons (Fsp3) is 0.273. The van der Waals surface area contributed by atoms with E-state index in [-0.39, 0.29) is 19.1 Å². The predicted octanol–water partition coefficient (Wildman–Crippen LogP) is 3.72. The third-order valence-corrected chi connectivity index (χ3v) is 5.00. The van der Waals surface area contributed by atoms with Crippen LogP contribution in [0.5, 0.6) is 17.2 Å². The van der Waals surface area contributed by atoms with E-state index in [1.807, 2.05) is 36.4 Å². The Morgan fingerprint density at radius 2 is 1.83 bits per heavy atom. The molecule has 3 aromatic carbocycles. The van der Waals surface area contributed by atoms with Crippen molar-refractivity contribution in [2.24, 2.45) is 0 Å². The molecule has 0 saturated heterocycles. The van der Waals surface area contributed by atoms with Gasteiger partial charge in [-0.3, -0.25) is 9.59 Å². The molecule has 0 saturated carbocycles. The molecule has 1 aliphatic heterocycles. The summed E-state index contributed by atoms with van der Waals surface area (Å²) in [6.45, 7) is 0.597. The maximum atomic E-state index is 12.9. The molecule has 7 nitrogen and oxygen atoms in total. The molecule has 7 heteroatoms. The molecule has 4 rings (SSSR count). The SMILES string of the molecule is COc1ccc2c(C(=O)NCCCCC(=O)O)cc3cc4c(cc3c2c1)OCO4. The Morgan fingerprint density at radius 1 is 1.03 bits per heavy atom. The van der Waals surface area contributed by atoms with Crippen LogP contribution in [-0.4, -0.2) is 37.4 Å². The van der Waals surface area contributed by atoms with Gasteiger partial charge in [0.15, 0.2) is 11.5 Å². The van der Waals surface area contributed by atoms with Crippen LogP contribution in [0.2, 0.25) is 0 Å². The number of carboxylic acids is 1. The second-order valence-corrected chi connectivity index (χ2v) is 6.87. The van der Waals surface area contributed by atoms with Gasteiger partial charge in [-0.15, -0.1) is 0 Å². The van der Waals surface area contributed by atoms with E-state index in [2.05, 4.69) is 5.32 Å². The highest BCUT2D eigenvalue weighted by atomic mass is 16.7. The maximum Gasteiger partial charge on any atom is 0.303 e. The fourth-order valence-electron chi connectivity index (χ4n) is 3.54. The quantitative estimate of drug-likeness (QED) is 0.468. The number of methoxy groups -OCH3 is 1. The Balaban J connectivity index is 1.71. The fourth-order valence-corrected chi connectivity index (χ4v) is 3.54. The summed E-state index contributed by atoms with van der Waals surface area (Å²) < 4.78 is 16.4. The van der Waals surface area contributed by atoms with E-state index in [1.54, 1.807) is 7.11 Å². The zero-order valence-corrected chi connectivity index (χ0v) is 16.0. The van der Waals surface area contributed by atoms with Crippen LogP contribution in [-0.2, 0) is 4.79 Å².